The summed E-state index contributed by atoms with van der Waals surface area (Å²) >= 11 is 1.71. The van der Waals surface area contributed by atoms with Crippen molar-refractivity contribution in [2.45, 2.75) is 6.54 Å². The van der Waals surface area contributed by atoms with E-state index in [1.54, 1.807) is 24.6 Å². The Morgan fingerprint density at radius 1 is 1.42 bits per heavy atom. The van der Waals surface area contributed by atoms with E-state index in [-0.39, 0.29) is 0 Å². The SMILES string of the molecule is COCCn1cc(Nc2nccc3sccc23)cn1. The zero-order chi connectivity index (χ0) is 13.1. The number of methoxy groups -OCH3 is 1. The summed E-state index contributed by atoms with van der Waals surface area (Å²) < 4.78 is 8.10. The van der Waals surface area contributed by atoms with Crippen LogP contribution in [0.15, 0.2) is 36.1 Å². The largest absolute Gasteiger partial charge is 0.383 e. The normalized spacial score (nSPS) is 11.0. The monoisotopic (exact) mass is 274 g/mol. The Morgan fingerprint density at radius 3 is 3.26 bits per heavy atom. The fraction of sp³-hybridized carbons (Fsp3) is 0.231. The smallest absolute Gasteiger partial charge is 0.139 e. The molecule has 0 aliphatic heterocycles. The quantitative estimate of drug-likeness (QED) is 0.777. The minimum absolute atomic E-state index is 0.652. The lowest BCUT2D eigenvalue weighted by molar-refractivity contribution is 0.183. The van der Waals surface area contributed by atoms with E-state index in [0.29, 0.717) is 6.61 Å². The Balaban J connectivity index is 1.81. The first-order valence-electron chi connectivity index (χ1n) is 5.97. The van der Waals surface area contributed by atoms with E-state index >= 15 is 0 Å². The average Bonchev–Trinajstić information content (AvgIpc) is 3.05. The topological polar surface area (TPSA) is 52.0 Å². The van der Waals surface area contributed by atoms with Crippen LogP contribution in [0.5, 0.6) is 0 Å². The molecule has 0 saturated carbocycles. The number of aromatic nitrogens is 3. The molecule has 6 heteroatoms. The molecule has 3 heterocycles. The maximum Gasteiger partial charge on any atom is 0.139 e. The predicted molar refractivity (Wildman–Crippen MR) is 77.0 cm³/mol. The number of ether oxygens (including phenoxy) is 1. The summed E-state index contributed by atoms with van der Waals surface area (Å²) in [7, 11) is 1.68. The van der Waals surface area contributed by atoms with Gasteiger partial charge in [-0.05, 0) is 17.5 Å². The highest BCUT2D eigenvalue weighted by Crippen LogP contribution is 2.27. The van der Waals surface area contributed by atoms with Crippen LogP contribution in [-0.2, 0) is 11.3 Å². The highest BCUT2D eigenvalue weighted by Gasteiger charge is 2.05. The van der Waals surface area contributed by atoms with Gasteiger partial charge in [-0.25, -0.2) is 4.98 Å². The summed E-state index contributed by atoms with van der Waals surface area (Å²) in [6, 6.07) is 4.10. The van der Waals surface area contributed by atoms with Crippen molar-refractivity contribution in [3.8, 4) is 0 Å². The predicted octanol–water partition coefficient (Wildman–Crippen LogP) is 2.88. The summed E-state index contributed by atoms with van der Waals surface area (Å²) in [6.07, 6.45) is 5.56. The molecule has 0 bridgehead atoms. The van der Waals surface area contributed by atoms with Crippen LogP contribution in [0.1, 0.15) is 0 Å². The lowest BCUT2D eigenvalue weighted by Crippen LogP contribution is -2.03. The number of hydrogen-bond donors (Lipinski definition) is 1. The van der Waals surface area contributed by atoms with Crippen molar-refractivity contribution in [3.05, 3.63) is 36.1 Å². The van der Waals surface area contributed by atoms with Gasteiger partial charge in [0.1, 0.15) is 5.82 Å². The summed E-state index contributed by atoms with van der Waals surface area (Å²) in [6.45, 7) is 1.40. The van der Waals surface area contributed by atoms with Gasteiger partial charge in [0.15, 0.2) is 0 Å². The average molecular weight is 274 g/mol. The van der Waals surface area contributed by atoms with Gasteiger partial charge in [0.2, 0.25) is 0 Å². The molecular formula is C13H14N4OS. The molecule has 5 nitrogen and oxygen atoms in total. The van der Waals surface area contributed by atoms with Gasteiger partial charge in [0, 0.05) is 29.6 Å². The van der Waals surface area contributed by atoms with Crippen LogP contribution >= 0.6 is 11.3 Å². The summed E-state index contributed by atoms with van der Waals surface area (Å²) in [5, 5.41) is 10.8. The van der Waals surface area contributed by atoms with E-state index in [1.165, 1.54) is 4.70 Å². The molecule has 3 rings (SSSR count). The van der Waals surface area contributed by atoms with Gasteiger partial charge in [-0.1, -0.05) is 0 Å². The summed E-state index contributed by atoms with van der Waals surface area (Å²) in [5.41, 5.74) is 0.933. The molecule has 0 aromatic carbocycles. The van der Waals surface area contributed by atoms with E-state index in [4.69, 9.17) is 4.74 Å². The molecule has 3 aromatic heterocycles. The van der Waals surface area contributed by atoms with Crippen molar-refractivity contribution in [1.29, 1.82) is 0 Å². The first-order chi connectivity index (χ1) is 9.36. The van der Waals surface area contributed by atoms with Crippen LogP contribution in [0.25, 0.3) is 10.1 Å². The van der Waals surface area contributed by atoms with Gasteiger partial charge >= 0.3 is 0 Å². The van der Waals surface area contributed by atoms with Gasteiger partial charge in [-0.3, -0.25) is 4.68 Å². The van der Waals surface area contributed by atoms with Gasteiger partial charge in [-0.15, -0.1) is 11.3 Å². The van der Waals surface area contributed by atoms with Crippen molar-refractivity contribution in [2.24, 2.45) is 0 Å². The van der Waals surface area contributed by atoms with Gasteiger partial charge in [0.25, 0.3) is 0 Å². The molecule has 19 heavy (non-hydrogen) atoms. The molecule has 0 atom stereocenters. The molecule has 98 valence electrons. The minimum Gasteiger partial charge on any atom is -0.383 e. The highest BCUT2D eigenvalue weighted by molar-refractivity contribution is 7.17. The third-order valence-corrected chi connectivity index (χ3v) is 3.68. The molecule has 1 N–H and O–H groups in total. The van der Waals surface area contributed by atoms with Crippen LogP contribution in [0, 0.1) is 0 Å². The van der Waals surface area contributed by atoms with Crippen molar-refractivity contribution in [2.75, 3.05) is 19.0 Å². The maximum atomic E-state index is 5.03. The van der Waals surface area contributed by atoms with E-state index in [1.807, 2.05) is 23.1 Å². The second kappa shape index (κ2) is 5.38. The van der Waals surface area contributed by atoms with Crippen molar-refractivity contribution >= 4 is 32.9 Å². The van der Waals surface area contributed by atoms with Gasteiger partial charge < -0.3 is 10.1 Å². The zero-order valence-corrected chi connectivity index (χ0v) is 11.4. The molecule has 0 aliphatic carbocycles. The number of anilines is 2. The molecule has 0 amide bonds. The van der Waals surface area contributed by atoms with Gasteiger partial charge in [-0.2, -0.15) is 5.10 Å². The van der Waals surface area contributed by atoms with Crippen LogP contribution in [0.4, 0.5) is 11.5 Å². The number of fused-ring (bicyclic) bond motifs is 1. The van der Waals surface area contributed by atoms with Crippen molar-refractivity contribution in [3.63, 3.8) is 0 Å². The van der Waals surface area contributed by atoms with E-state index in [9.17, 15) is 0 Å². The van der Waals surface area contributed by atoms with E-state index < -0.39 is 0 Å². The molecular weight excluding hydrogens is 260 g/mol. The fourth-order valence-corrected chi connectivity index (χ4v) is 2.65. The molecule has 3 aromatic rings. The third kappa shape index (κ3) is 2.59. The lowest BCUT2D eigenvalue weighted by atomic mass is 10.3. The Morgan fingerprint density at radius 2 is 2.37 bits per heavy atom. The number of nitrogens with zero attached hydrogens (tertiary/aromatic N) is 3. The molecule has 0 fully saturated rings. The number of hydrogen-bond acceptors (Lipinski definition) is 5. The number of nitrogens with one attached hydrogen (secondary N) is 1. The first kappa shape index (κ1) is 12.1. The summed E-state index contributed by atoms with van der Waals surface area (Å²) in [4.78, 5) is 4.38. The minimum atomic E-state index is 0.652. The Hall–Kier alpha value is -1.92. The van der Waals surface area contributed by atoms with E-state index in [2.05, 4.69) is 26.8 Å². The van der Waals surface area contributed by atoms with Crippen LogP contribution in [0.2, 0.25) is 0 Å². The maximum absolute atomic E-state index is 5.03. The van der Waals surface area contributed by atoms with E-state index in [0.717, 1.165) is 23.4 Å². The second-order valence-electron chi connectivity index (χ2n) is 4.10. The standard InChI is InChI=1S/C13H14N4OS/c1-18-6-5-17-9-10(8-15-17)16-13-11-3-7-19-12(11)2-4-14-13/h2-4,7-9H,5-6H2,1H3,(H,14,16). The number of pyridine rings is 1. The molecule has 0 spiro atoms. The van der Waals surface area contributed by atoms with Crippen LogP contribution in [0.3, 0.4) is 0 Å². The Kier molecular flexibility index (Phi) is 3.43. The molecule has 0 saturated heterocycles. The molecule has 0 radical (unpaired) electrons. The number of thiophene rings is 1. The Labute approximate surface area is 114 Å². The van der Waals surface area contributed by atoms with Crippen molar-refractivity contribution in [1.82, 2.24) is 14.8 Å². The van der Waals surface area contributed by atoms with Crippen molar-refractivity contribution < 1.29 is 4.74 Å². The second-order valence-corrected chi connectivity index (χ2v) is 5.05. The molecule has 0 unspecified atom stereocenters. The third-order valence-electron chi connectivity index (χ3n) is 2.80. The molecule has 0 aliphatic rings. The lowest BCUT2D eigenvalue weighted by Gasteiger charge is -2.03. The van der Waals surface area contributed by atoms with Crippen LogP contribution in [-0.4, -0.2) is 28.5 Å². The highest BCUT2D eigenvalue weighted by atomic mass is 32.1. The van der Waals surface area contributed by atoms with Gasteiger partial charge in [0.05, 0.1) is 25.0 Å². The first-order valence-corrected chi connectivity index (χ1v) is 6.85. The number of rotatable bonds is 5. The zero-order valence-electron chi connectivity index (χ0n) is 10.5. The van der Waals surface area contributed by atoms with Crippen LogP contribution < -0.4 is 5.32 Å². The fourth-order valence-electron chi connectivity index (χ4n) is 1.87. The summed E-state index contributed by atoms with van der Waals surface area (Å²) in [5.74, 6) is 0.866. The Bertz CT molecular complexity index is 676.